The number of carbonyl (C=O) groups excluding carboxylic acids is 2. The van der Waals surface area contributed by atoms with E-state index in [1.807, 2.05) is 25.1 Å². The third-order valence-electron chi connectivity index (χ3n) is 4.51. The molecule has 3 aromatic rings. The Morgan fingerprint density at radius 3 is 2.87 bits per heavy atom. The zero-order valence-corrected chi connectivity index (χ0v) is 17.0. The quantitative estimate of drug-likeness (QED) is 0.376. The fourth-order valence-electron chi connectivity index (χ4n) is 2.85. The Kier molecular flexibility index (Phi) is 6.26. The van der Waals surface area contributed by atoms with E-state index in [0.29, 0.717) is 35.0 Å². The molecule has 154 valence electrons. The number of ether oxygens (including phenoxy) is 1. The summed E-state index contributed by atoms with van der Waals surface area (Å²) >= 11 is 0. The molecule has 0 saturated carbocycles. The van der Waals surface area contributed by atoms with Crippen LogP contribution in [0.25, 0.3) is 16.6 Å². The lowest BCUT2D eigenvalue weighted by molar-refractivity contribution is -0.119. The van der Waals surface area contributed by atoms with Crippen LogP contribution < -0.4 is 0 Å². The molecule has 0 aliphatic rings. The second kappa shape index (κ2) is 8.86. The lowest BCUT2D eigenvalue weighted by atomic mass is 10.0. The Balaban J connectivity index is 2.00. The normalized spacial score (nSPS) is 12.8. The van der Waals surface area contributed by atoms with Crippen molar-refractivity contribution in [3.8, 4) is 17.5 Å². The predicted molar refractivity (Wildman–Crippen MR) is 111 cm³/mol. The molecule has 2 aromatic heterocycles. The molecule has 0 saturated heterocycles. The topological polar surface area (TPSA) is 97.5 Å². The number of aldehydes is 1. The smallest absolute Gasteiger partial charge is 0.359 e. The summed E-state index contributed by atoms with van der Waals surface area (Å²) in [5.74, 6) is 4.97. The molecule has 0 aliphatic carbocycles. The summed E-state index contributed by atoms with van der Waals surface area (Å²) in [4.78, 5) is 29.4. The van der Waals surface area contributed by atoms with Crippen LogP contribution in [0.4, 0.5) is 0 Å². The molecule has 0 radical (unpaired) electrons. The van der Waals surface area contributed by atoms with Gasteiger partial charge in [-0.1, -0.05) is 17.9 Å². The highest BCUT2D eigenvalue weighted by Gasteiger charge is 2.23. The van der Waals surface area contributed by atoms with Crippen molar-refractivity contribution >= 4 is 23.2 Å². The van der Waals surface area contributed by atoms with Crippen molar-refractivity contribution in [1.82, 2.24) is 19.7 Å². The number of hydrogen-bond acceptors (Lipinski definition) is 7. The number of aromatic nitrogens is 3. The number of rotatable bonds is 6. The maximum Gasteiger partial charge on any atom is 0.359 e. The van der Waals surface area contributed by atoms with Crippen molar-refractivity contribution < 1.29 is 19.4 Å². The van der Waals surface area contributed by atoms with Crippen LogP contribution in [0, 0.1) is 11.8 Å². The minimum atomic E-state index is -1.72. The number of esters is 1. The van der Waals surface area contributed by atoms with Crippen molar-refractivity contribution in [3.63, 3.8) is 0 Å². The molecule has 0 fully saturated rings. The van der Waals surface area contributed by atoms with Crippen molar-refractivity contribution in [2.24, 2.45) is 0 Å². The summed E-state index contributed by atoms with van der Waals surface area (Å²) in [6.45, 7) is 0.521. The maximum absolute atomic E-state index is 12.1. The fourth-order valence-corrected chi connectivity index (χ4v) is 2.85. The molecule has 8 nitrogen and oxygen atoms in total. The van der Waals surface area contributed by atoms with E-state index in [4.69, 9.17) is 4.74 Å². The van der Waals surface area contributed by atoms with E-state index in [1.165, 1.54) is 7.11 Å². The fraction of sp³-hybridized carbons (Fsp3) is 0.273. The van der Waals surface area contributed by atoms with Gasteiger partial charge in [-0.05, 0) is 38.4 Å². The molecule has 8 heteroatoms. The summed E-state index contributed by atoms with van der Waals surface area (Å²) < 4.78 is 6.42. The van der Waals surface area contributed by atoms with Crippen molar-refractivity contribution in [1.29, 1.82) is 0 Å². The van der Waals surface area contributed by atoms with Crippen LogP contribution in [0.3, 0.4) is 0 Å². The van der Waals surface area contributed by atoms with Gasteiger partial charge in [-0.25, -0.2) is 9.48 Å². The number of aliphatic hydroxyl groups is 1. The van der Waals surface area contributed by atoms with E-state index in [-0.39, 0.29) is 12.1 Å². The molecule has 0 amide bonds. The van der Waals surface area contributed by atoms with Crippen molar-refractivity contribution in [2.45, 2.75) is 12.0 Å². The summed E-state index contributed by atoms with van der Waals surface area (Å²) in [7, 11) is 5.01. The first-order valence-electron chi connectivity index (χ1n) is 9.25. The minimum Gasteiger partial charge on any atom is -0.464 e. The lowest BCUT2D eigenvalue weighted by Crippen LogP contribution is -2.33. The van der Waals surface area contributed by atoms with Crippen LogP contribution in [-0.2, 0) is 9.53 Å². The lowest BCUT2D eigenvalue weighted by Gasteiger charge is -2.17. The molecule has 0 spiro atoms. The number of nitrogens with zero attached hydrogens (tertiary/aromatic N) is 4. The standard InChI is InChI=1S/C22H22N4O4/c1-25(2)12-10-22(29,15-27)9-7-16-5-4-6-17(13-16)26-19-8-11-23-14-18(19)20(24-26)21(28)30-3/h4-6,8,11,13-15,29H,10,12H2,1-3H3/t22-/m0/s1. The number of carbonyl (C=O) groups is 2. The summed E-state index contributed by atoms with van der Waals surface area (Å²) in [5.41, 5.74) is 0.385. The minimum absolute atomic E-state index is 0.163. The van der Waals surface area contributed by atoms with Gasteiger partial charge in [0.1, 0.15) is 0 Å². The van der Waals surface area contributed by atoms with E-state index in [2.05, 4.69) is 21.9 Å². The van der Waals surface area contributed by atoms with Gasteiger partial charge in [0.2, 0.25) is 0 Å². The maximum atomic E-state index is 12.1. The highest BCUT2D eigenvalue weighted by molar-refractivity contribution is 6.02. The molecular weight excluding hydrogens is 384 g/mol. The summed E-state index contributed by atoms with van der Waals surface area (Å²) in [6.07, 6.45) is 3.84. The average Bonchev–Trinajstić information content (AvgIpc) is 3.16. The van der Waals surface area contributed by atoms with Crippen LogP contribution in [0.15, 0.2) is 42.7 Å². The molecule has 0 unspecified atom stereocenters. The summed E-state index contributed by atoms with van der Waals surface area (Å²) in [5, 5.41) is 15.4. The van der Waals surface area contributed by atoms with Gasteiger partial charge in [-0.3, -0.25) is 9.78 Å². The van der Waals surface area contributed by atoms with Gasteiger partial charge in [0.15, 0.2) is 17.6 Å². The van der Waals surface area contributed by atoms with Gasteiger partial charge in [-0.15, -0.1) is 0 Å². The number of benzene rings is 1. The van der Waals surface area contributed by atoms with Crippen LogP contribution in [-0.4, -0.2) is 70.4 Å². The molecule has 0 aliphatic heterocycles. The van der Waals surface area contributed by atoms with Gasteiger partial charge in [0.25, 0.3) is 0 Å². The molecule has 1 atom stereocenters. The zero-order valence-electron chi connectivity index (χ0n) is 17.0. The molecule has 1 N–H and O–H groups in total. The molecule has 3 rings (SSSR count). The highest BCUT2D eigenvalue weighted by atomic mass is 16.5. The molecule has 1 aromatic carbocycles. The second-order valence-corrected chi connectivity index (χ2v) is 7.04. The van der Waals surface area contributed by atoms with Crippen LogP contribution in [0.2, 0.25) is 0 Å². The average molecular weight is 406 g/mol. The number of fused-ring (bicyclic) bond motifs is 1. The molecule has 2 heterocycles. The van der Waals surface area contributed by atoms with E-state index in [1.54, 1.807) is 41.3 Å². The van der Waals surface area contributed by atoms with Crippen LogP contribution >= 0.6 is 0 Å². The Hall–Kier alpha value is -3.54. The van der Waals surface area contributed by atoms with Gasteiger partial charge in [0.05, 0.1) is 23.7 Å². The van der Waals surface area contributed by atoms with Gasteiger partial charge in [-0.2, -0.15) is 5.10 Å². The van der Waals surface area contributed by atoms with Crippen molar-refractivity contribution in [2.75, 3.05) is 27.7 Å². The van der Waals surface area contributed by atoms with Crippen molar-refractivity contribution in [3.05, 3.63) is 54.0 Å². The number of hydrogen-bond donors (Lipinski definition) is 1. The Morgan fingerprint density at radius 1 is 1.37 bits per heavy atom. The van der Waals surface area contributed by atoms with E-state index in [0.717, 1.165) is 0 Å². The second-order valence-electron chi connectivity index (χ2n) is 7.04. The molecule has 30 heavy (non-hydrogen) atoms. The van der Waals surface area contributed by atoms with E-state index >= 15 is 0 Å². The SMILES string of the molecule is COC(=O)c1nn(-c2cccc(C#C[C@@](O)(C=O)CCN(C)C)c2)c2ccncc12. The first-order chi connectivity index (χ1) is 14.4. The van der Waals surface area contributed by atoms with E-state index < -0.39 is 11.6 Å². The zero-order chi connectivity index (χ0) is 21.7. The Morgan fingerprint density at radius 2 is 2.17 bits per heavy atom. The first kappa shape index (κ1) is 21.2. The van der Waals surface area contributed by atoms with Crippen LogP contribution in [0.1, 0.15) is 22.5 Å². The highest BCUT2D eigenvalue weighted by Crippen LogP contribution is 2.22. The van der Waals surface area contributed by atoms with Crippen LogP contribution in [0.5, 0.6) is 0 Å². The molecule has 0 bridgehead atoms. The van der Waals surface area contributed by atoms with E-state index in [9.17, 15) is 14.7 Å². The monoisotopic (exact) mass is 406 g/mol. The molecular formula is C22H22N4O4. The van der Waals surface area contributed by atoms with Gasteiger partial charge in [0, 0.05) is 30.9 Å². The number of methoxy groups -OCH3 is 1. The Labute approximate surface area is 174 Å². The van der Waals surface area contributed by atoms with Gasteiger partial charge < -0.3 is 14.7 Å². The Bertz CT molecular complexity index is 1140. The third-order valence-corrected chi connectivity index (χ3v) is 4.51. The summed E-state index contributed by atoms with van der Waals surface area (Å²) in [6, 6.07) is 8.88. The number of pyridine rings is 1. The predicted octanol–water partition coefficient (Wildman–Crippen LogP) is 1.44. The largest absolute Gasteiger partial charge is 0.464 e. The van der Waals surface area contributed by atoms with Gasteiger partial charge >= 0.3 is 5.97 Å². The third kappa shape index (κ3) is 4.54. The first-order valence-corrected chi connectivity index (χ1v) is 9.25.